The van der Waals surface area contributed by atoms with Gasteiger partial charge in [-0.15, -0.1) is 11.3 Å². The van der Waals surface area contributed by atoms with Gasteiger partial charge in [-0.05, 0) is 49.8 Å². The Bertz CT molecular complexity index is 977. The predicted molar refractivity (Wildman–Crippen MR) is 108 cm³/mol. The van der Waals surface area contributed by atoms with Crippen LogP contribution in [0.1, 0.15) is 56.1 Å². The fraction of sp³-hybridized carbons (Fsp3) is 0.227. The zero-order valence-electron chi connectivity index (χ0n) is 15.1. The van der Waals surface area contributed by atoms with E-state index >= 15 is 0 Å². The summed E-state index contributed by atoms with van der Waals surface area (Å²) in [6.45, 7) is 1.51. The molecule has 1 atom stereocenters. The summed E-state index contributed by atoms with van der Waals surface area (Å²) >= 11 is 1.57. The van der Waals surface area contributed by atoms with Gasteiger partial charge in [-0.3, -0.25) is 14.9 Å². The van der Waals surface area contributed by atoms with Crippen LogP contribution in [0, 0.1) is 0 Å². The molecule has 2 aromatic carbocycles. The molecule has 4 rings (SSSR count). The largest absolute Gasteiger partial charge is 0.298 e. The van der Waals surface area contributed by atoms with Crippen molar-refractivity contribution < 1.29 is 9.59 Å². The number of ketones is 1. The number of aromatic nitrogens is 1. The Balaban J connectivity index is 1.46. The third-order valence-corrected chi connectivity index (χ3v) is 6.02. The molecule has 1 N–H and O–H groups in total. The molecule has 0 spiro atoms. The van der Waals surface area contributed by atoms with E-state index in [9.17, 15) is 9.59 Å². The molecule has 5 heteroatoms. The van der Waals surface area contributed by atoms with Crippen LogP contribution in [0.5, 0.6) is 0 Å². The third-order valence-electron chi connectivity index (χ3n) is 4.98. The molecule has 1 heterocycles. The van der Waals surface area contributed by atoms with Gasteiger partial charge in [-0.25, -0.2) is 4.98 Å². The van der Waals surface area contributed by atoms with Gasteiger partial charge in [0.2, 0.25) is 0 Å². The SMILES string of the molecule is CC(=O)c1ccc(C(=O)Nc2nc3c(s2)CC(c2ccccc2)CC3)cc1. The number of Topliss-reactive ketones (excluding diaryl/α,β-unsaturated/α-hetero) is 1. The van der Waals surface area contributed by atoms with Crippen LogP contribution in [0.3, 0.4) is 0 Å². The molecule has 3 aromatic rings. The van der Waals surface area contributed by atoms with Crippen molar-refractivity contribution in [3.8, 4) is 0 Å². The van der Waals surface area contributed by atoms with E-state index in [1.54, 1.807) is 35.6 Å². The van der Waals surface area contributed by atoms with E-state index in [2.05, 4.69) is 34.6 Å². The lowest BCUT2D eigenvalue weighted by Gasteiger charge is -2.21. The minimum absolute atomic E-state index is 0.0115. The zero-order valence-corrected chi connectivity index (χ0v) is 15.9. The quantitative estimate of drug-likeness (QED) is 0.661. The van der Waals surface area contributed by atoms with Gasteiger partial charge in [0.1, 0.15) is 0 Å². The lowest BCUT2D eigenvalue weighted by Crippen LogP contribution is -2.12. The highest BCUT2D eigenvalue weighted by Crippen LogP contribution is 2.37. The first-order valence-electron chi connectivity index (χ1n) is 9.06. The number of nitrogens with one attached hydrogen (secondary N) is 1. The van der Waals surface area contributed by atoms with E-state index in [-0.39, 0.29) is 11.7 Å². The molecule has 1 aliphatic rings. The van der Waals surface area contributed by atoms with E-state index in [1.165, 1.54) is 17.4 Å². The van der Waals surface area contributed by atoms with Crippen molar-refractivity contribution in [2.75, 3.05) is 5.32 Å². The van der Waals surface area contributed by atoms with Crippen molar-refractivity contribution in [1.82, 2.24) is 4.98 Å². The standard InChI is InChI=1S/C22H20N2O2S/c1-14(25)15-7-9-17(10-8-15)21(26)24-22-23-19-12-11-18(13-20(19)27-22)16-5-3-2-4-6-16/h2-10,18H,11-13H2,1H3,(H,23,24,26). The first-order chi connectivity index (χ1) is 13.1. The molecule has 0 aliphatic heterocycles. The van der Waals surface area contributed by atoms with Crippen molar-refractivity contribution in [3.63, 3.8) is 0 Å². The molecule has 1 aliphatic carbocycles. The van der Waals surface area contributed by atoms with Crippen molar-refractivity contribution in [1.29, 1.82) is 0 Å². The lowest BCUT2D eigenvalue weighted by molar-refractivity contribution is 0.100. The lowest BCUT2D eigenvalue weighted by atomic mass is 9.85. The summed E-state index contributed by atoms with van der Waals surface area (Å²) < 4.78 is 0. The summed E-state index contributed by atoms with van der Waals surface area (Å²) in [7, 11) is 0. The van der Waals surface area contributed by atoms with Gasteiger partial charge in [0.15, 0.2) is 10.9 Å². The number of carbonyl (C=O) groups is 2. The summed E-state index contributed by atoms with van der Waals surface area (Å²) in [5.41, 5.74) is 3.60. The van der Waals surface area contributed by atoms with E-state index in [0.717, 1.165) is 25.0 Å². The van der Waals surface area contributed by atoms with Crippen LogP contribution in [-0.4, -0.2) is 16.7 Å². The number of carbonyl (C=O) groups excluding carboxylic acids is 2. The van der Waals surface area contributed by atoms with E-state index in [0.29, 0.717) is 22.2 Å². The molecule has 0 saturated heterocycles. The molecule has 0 saturated carbocycles. The van der Waals surface area contributed by atoms with Gasteiger partial charge in [0, 0.05) is 16.0 Å². The molecular formula is C22H20N2O2S. The van der Waals surface area contributed by atoms with Crippen LogP contribution >= 0.6 is 11.3 Å². The van der Waals surface area contributed by atoms with Gasteiger partial charge < -0.3 is 0 Å². The number of amides is 1. The maximum atomic E-state index is 12.5. The molecule has 1 unspecified atom stereocenters. The van der Waals surface area contributed by atoms with Crippen LogP contribution in [0.4, 0.5) is 5.13 Å². The highest BCUT2D eigenvalue weighted by Gasteiger charge is 2.24. The van der Waals surface area contributed by atoms with E-state index in [1.807, 2.05) is 6.07 Å². The number of nitrogens with zero attached hydrogens (tertiary/aromatic N) is 1. The van der Waals surface area contributed by atoms with Gasteiger partial charge in [-0.1, -0.05) is 42.5 Å². The van der Waals surface area contributed by atoms with Crippen LogP contribution in [0.2, 0.25) is 0 Å². The first kappa shape index (κ1) is 17.6. The molecule has 0 bridgehead atoms. The maximum absolute atomic E-state index is 12.5. The average molecular weight is 376 g/mol. The second kappa shape index (κ2) is 7.45. The Morgan fingerprint density at radius 3 is 2.44 bits per heavy atom. The fourth-order valence-corrected chi connectivity index (χ4v) is 4.55. The topological polar surface area (TPSA) is 59.1 Å². The normalized spacial score (nSPS) is 15.8. The zero-order chi connectivity index (χ0) is 18.8. The third kappa shape index (κ3) is 3.83. The summed E-state index contributed by atoms with van der Waals surface area (Å²) in [6.07, 6.45) is 3.00. The Morgan fingerprint density at radius 2 is 1.74 bits per heavy atom. The maximum Gasteiger partial charge on any atom is 0.257 e. The average Bonchev–Trinajstić information content (AvgIpc) is 3.10. The smallest absolute Gasteiger partial charge is 0.257 e. The number of thiazole rings is 1. The number of hydrogen-bond donors (Lipinski definition) is 1. The van der Waals surface area contributed by atoms with Gasteiger partial charge in [0.25, 0.3) is 5.91 Å². The molecule has 27 heavy (non-hydrogen) atoms. The van der Waals surface area contributed by atoms with Crippen molar-refractivity contribution >= 4 is 28.2 Å². The van der Waals surface area contributed by atoms with Crippen LogP contribution in [0.15, 0.2) is 54.6 Å². The number of benzene rings is 2. The van der Waals surface area contributed by atoms with Crippen LogP contribution < -0.4 is 5.32 Å². The Labute approximate surface area is 162 Å². The van der Waals surface area contributed by atoms with E-state index < -0.39 is 0 Å². The Morgan fingerprint density at radius 1 is 1.04 bits per heavy atom. The Hall–Kier alpha value is -2.79. The first-order valence-corrected chi connectivity index (χ1v) is 9.87. The molecule has 0 fully saturated rings. The minimum Gasteiger partial charge on any atom is -0.298 e. The molecular weight excluding hydrogens is 356 g/mol. The van der Waals surface area contributed by atoms with Crippen LogP contribution in [-0.2, 0) is 12.8 Å². The van der Waals surface area contributed by atoms with Gasteiger partial charge in [-0.2, -0.15) is 0 Å². The summed E-state index contributed by atoms with van der Waals surface area (Å²) in [5, 5.41) is 3.55. The van der Waals surface area contributed by atoms with Gasteiger partial charge in [0.05, 0.1) is 5.69 Å². The Kier molecular flexibility index (Phi) is 4.86. The highest BCUT2D eigenvalue weighted by molar-refractivity contribution is 7.15. The fourth-order valence-electron chi connectivity index (χ4n) is 3.46. The number of hydrogen-bond acceptors (Lipinski definition) is 4. The van der Waals surface area contributed by atoms with Crippen molar-refractivity contribution in [2.24, 2.45) is 0 Å². The highest BCUT2D eigenvalue weighted by atomic mass is 32.1. The van der Waals surface area contributed by atoms with E-state index in [4.69, 9.17) is 0 Å². The monoisotopic (exact) mass is 376 g/mol. The van der Waals surface area contributed by atoms with Crippen molar-refractivity contribution in [2.45, 2.75) is 32.1 Å². The molecule has 4 nitrogen and oxygen atoms in total. The molecule has 1 amide bonds. The molecule has 136 valence electrons. The van der Waals surface area contributed by atoms with Crippen LogP contribution in [0.25, 0.3) is 0 Å². The number of fused-ring (bicyclic) bond motifs is 1. The second-order valence-corrected chi connectivity index (χ2v) is 7.91. The minimum atomic E-state index is -0.198. The predicted octanol–water partition coefficient (Wildman–Crippen LogP) is 4.87. The van der Waals surface area contributed by atoms with Gasteiger partial charge >= 0.3 is 0 Å². The number of aryl methyl sites for hydroxylation is 1. The molecule has 1 aromatic heterocycles. The van der Waals surface area contributed by atoms with Crippen molar-refractivity contribution in [3.05, 3.63) is 81.9 Å². The second-order valence-electron chi connectivity index (χ2n) is 6.83. The number of rotatable bonds is 4. The summed E-state index contributed by atoms with van der Waals surface area (Å²) in [4.78, 5) is 29.7. The molecule has 0 radical (unpaired) electrons. The summed E-state index contributed by atoms with van der Waals surface area (Å²) in [5.74, 6) is 0.306. The summed E-state index contributed by atoms with van der Waals surface area (Å²) in [6, 6.07) is 17.3. The number of anilines is 1.